The van der Waals surface area contributed by atoms with Crippen LogP contribution in [0.25, 0.3) is 11.3 Å². The van der Waals surface area contributed by atoms with E-state index >= 15 is 0 Å². The number of benzene rings is 1. The smallest absolute Gasteiger partial charge is 0.251 e. The summed E-state index contributed by atoms with van der Waals surface area (Å²) in [6, 6.07) is 6.78. The van der Waals surface area contributed by atoms with Crippen LogP contribution >= 0.6 is 0 Å². The molecule has 122 valence electrons. The van der Waals surface area contributed by atoms with Gasteiger partial charge in [-0.05, 0) is 35.9 Å². The van der Waals surface area contributed by atoms with Gasteiger partial charge in [-0.15, -0.1) is 0 Å². The number of hydrogen-bond acceptors (Lipinski definition) is 3. The molecule has 0 unspecified atom stereocenters. The lowest BCUT2D eigenvalue weighted by molar-refractivity contribution is 0.0950. The molecule has 1 N–H and O–H groups in total. The number of amides is 1. The molecule has 24 heavy (non-hydrogen) atoms. The molecule has 0 fully saturated rings. The Morgan fingerprint density at radius 2 is 2.00 bits per heavy atom. The Balaban J connectivity index is 1.71. The van der Waals surface area contributed by atoms with Crippen molar-refractivity contribution in [2.45, 2.75) is 6.54 Å². The van der Waals surface area contributed by atoms with Gasteiger partial charge in [0.25, 0.3) is 5.91 Å². The maximum Gasteiger partial charge on any atom is 0.251 e. The van der Waals surface area contributed by atoms with Crippen molar-refractivity contribution in [1.29, 1.82) is 0 Å². The second-order valence-corrected chi connectivity index (χ2v) is 5.23. The molecule has 0 aliphatic heterocycles. The highest BCUT2D eigenvalue weighted by Crippen LogP contribution is 2.18. The standard InChI is InChI=1S/C17H14F2N4O/c1-23-16(4-5-22-23)13-6-11(8-20-10-13)9-21-17(24)12-2-3-14(18)15(19)7-12/h2-8,10H,9H2,1H3,(H,21,24). The van der Waals surface area contributed by atoms with Crippen LogP contribution in [0.3, 0.4) is 0 Å². The predicted molar refractivity (Wildman–Crippen MR) is 84.0 cm³/mol. The zero-order chi connectivity index (χ0) is 17.1. The Kier molecular flexibility index (Phi) is 4.33. The van der Waals surface area contributed by atoms with Crippen LogP contribution in [0.4, 0.5) is 8.78 Å². The molecule has 0 spiro atoms. The minimum absolute atomic E-state index is 0.0599. The average Bonchev–Trinajstić information content (AvgIpc) is 3.01. The topological polar surface area (TPSA) is 59.8 Å². The number of rotatable bonds is 4. The van der Waals surface area contributed by atoms with Crippen molar-refractivity contribution < 1.29 is 13.6 Å². The number of pyridine rings is 1. The van der Waals surface area contributed by atoms with Crippen molar-refractivity contribution in [3.05, 3.63) is 71.7 Å². The highest BCUT2D eigenvalue weighted by atomic mass is 19.2. The summed E-state index contributed by atoms with van der Waals surface area (Å²) in [5.41, 5.74) is 2.61. The van der Waals surface area contributed by atoms with Gasteiger partial charge in [0.1, 0.15) is 0 Å². The Bertz CT molecular complexity index is 892. The highest BCUT2D eigenvalue weighted by molar-refractivity contribution is 5.94. The summed E-state index contributed by atoms with van der Waals surface area (Å²) in [5.74, 6) is -2.53. The summed E-state index contributed by atoms with van der Waals surface area (Å²) in [5, 5.41) is 6.76. The first-order chi connectivity index (χ1) is 11.5. The van der Waals surface area contributed by atoms with Crippen LogP contribution in [0.2, 0.25) is 0 Å². The largest absolute Gasteiger partial charge is 0.348 e. The van der Waals surface area contributed by atoms with Crippen LogP contribution < -0.4 is 5.32 Å². The number of hydrogen-bond donors (Lipinski definition) is 1. The predicted octanol–water partition coefficient (Wildman–Crippen LogP) is 2.69. The Hall–Kier alpha value is -3.09. The zero-order valence-electron chi connectivity index (χ0n) is 12.8. The molecule has 3 aromatic rings. The summed E-state index contributed by atoms with van der Waals surface area (Å²) < 4.78 is 27.8. The van der Waals surface area contributed by atoms with Gasteiger partial charge in [0.05, 0.1) is 5.69 Å². The van der Waals surface area contributed by atoms with Crippen molar-refractivity contribution in [3.63, 3.8) is 0 Å². The van der Waals surface area contributed by atoms with Gasteiger partial charge in [-0.3, -0.25) is 14.5 Å². The maximum absolute atomic E-state index is 13.2. The van der Waals surface area contributed by atoms with Crippen LogP contribution in [0, 0.1) is 11.6 Å². The number of halogens is 2. The SMILES string of the molecule is Cn1nccc1-c1cncc(CNC(=O)c2ccc(F)c(F)c2)c1. The lowest BCUT2D eigenvalue weighted by atomic mass is 10.1. The maximum atomic E-state index is 13.2. The molecule has 2 heterocycles. The molecular weight excluding hydrogens is 314 g/mol. The van der Waals surface area contributed by atoms with Gasteiger partial charge in [-0.1, -0.05) is 0 Å². The summed E-state index contributed by atoms with van der Waals surface area (Å²) in [4.78, 5) is 16.2. The van der Waals surface area contributed by atoms with E-state index in [1.165, 1.54) is 6.07 Å². The fraction of sp³-hybridized carbons (Fsp3) is 0.118. The monoisotopic (exact) mass is 328 g/mol. The minimum Gasteiger partial charge on any atom is -0.348 e. The summed E-state index contributed by atoms with van der Waals surface area (Å²) in [6.45, 7) is 0.219. The van der Waals surface area contributed by atoms with Crippen LogP contribution in [0.1, 0.15) is 15.9 Å². The quantitative estimate of drug-likeness (QED) is 0.801. The van der Waals surface area contributed by atoms with Crippen LogP contribution in [-0.2, 0) is 13.6 Å². The first-order valence-electron chi connectivity index (χ1n) is 7.20. The normalized spacial score (nSPS) is 10.6. The second-order valence-electron chi connectivity index (χ2n) is 5.23. The van der Waals surface area contributed by atoms with E-state index in [9.17, 15) is 13.6 Å². The highest BCUT2D eigenvalue weighted by Gasteiger charge is 2.10. The third kappa shape index (κ3) is 3.29. The number of nitrogens with zero attached hydrogens (tertiary/aromatic N) is 3. The molecule has 0 saturated heterocycles. The van der Waals surface area contributed by atoms with E-state index in [1.807, 2.05) is 19.2 Å². The van der Waals surface area contributed by atoms with Crippen LogP contribution in [0.5, 0.6) is 0 Å². The number of aryl methyl sites for hydroxylation is 1. The molecule has 0 saturated carbocycles. The first kappa shape index (κ1) is 15.8. The van der Waals surface area contributed by atoms with Crippen molar-refractivity contribution >= 4 is 5.91 Å². The van der Waals surface area contributed by atoms with E-state index in [1.54, 1.807) is 23.3 Å². The van der Waals surface area contributed by atoms with E-state index in [0.717, 1.165) is 29.0 Å². The molecule has 7 heteroatoms. The van der Waals surface area contributed by atoms with E-state index in [4.69, 9.17) is 0 Å². The van der Waals surface area contributed by atoms with E-state index in [0.29, 0.717) is 0 Å². The van der Waals surface area contributed by atoms with Gasteiger partial charge in [0.2, 0.25) is 0 Å². The first-order valence-corrected chi connectivity index (χ1v) is 7.20. The van der Waals surface area contributed by atoms with E-state index in [2.05, 4.69) is 15.4 Å². The number of carbonyl (C=O) groups excluding carboxylic acids is 1. The van der Waals surface area contributed by atoms with Gasteiger partial charge in [-0.25, -0.2) is 8.78 Å². The fourth-order valence-electron chi connectivity index (χ4n) is 2.30. The van der Waals surface area contributed by atoms with E-state index in [-0.39, 0.29) is 12.1 Å². The molecule has 3 rings (SSSR count). The molecule has 0 radical (unpaired) electrons. The van der Waals surface area contributed by atoms with Crippen molar-refractivity contribution in [2.24, 2.45) is 7.05 Å². The van der Waals surface area contributed by atoms with Crippen molar-refractivity contribution in [1.82, 2.24) is 20.1 Å². The van der Waals surface area contributed by atoms with Crippen molar-refractivity contribution in [3.8, 4) is 11.3 Å². The van der Waals surface area contributed by atoms with Gasteiger partial charge in [0.15, 0.2) is 11.6 Å². The van der Waals surface area contributed by atoms with Gasteiger partial charge < -0.3 is 5.32 Å². The third-order valence-electron chi connectivity index (χ3n) is 3.55. The zero-order valence-corrected chi connectivity index (χ0v) is 12.8. The fourth-order valence-corrected chi connectivity index (χ4v) is 2.30. The average molecular weight is 328 g/mol. The minimum atomic E-state index is -1.05. The molecule has 0 atom stereocenters. The lowest BCUT2D eigenvalue weighted by Gasteiger charge is -2.07. The number of carbonyl (C=O) groups is 1. The second kappa shape index (κ2) is 6.57. The van der Waals surface area contributed by atoms with Crippen molar-refractivity contribution in [2.75, 3.05) is 0 Å². The lowest BCUT2D eigenvalue weighted by Crippen LogP contribution is -2.23. The Morgan fingerprint density at radius 1 is 1.17 bits per heavy atom. The summed E-state index contributed by atoms with van der Waals surface area (Å²) in [7, 11) is 1.83. The van der Waals surface area contributed by atoms with Crippen LogP contribution in [-0.4, -0.2) is 20.7 Å². The van der Waals surface area contributed by atoms with Gasteiger partial charge >= 0.3 is 0 Å². The molecule has 1 amide bonds. The van der Waals surface area contributed by atoms with Gasteiger partial charge in [0, 0.05) is 43.3 Å². The molecule has 5 nitrogen and oxygen atoms in total. The summed E-state index contributed by atoms with van der Waals surface area (Å²) >= 11 is 0. The number of nitrogens with one attached hydrogen (secondary N) is 1. The van der Waals surface area contributed by atoms with Crippen LogP contribution in [0.15, 0.2) is 48.9 Å². The molecular formula is C17H14F2N4O. The third-order valence-corrected chi connectivity index (χ3v) is 3.55. The van der Waals surface area contributed by atoms with E-state index < -0.39 is 17.5 Å². The molecule has 1 aromatic carbocycles. The Labute approximate surface area is 137 Å². The summed E-state index contributed by atoms with van der Waals surface area (Å²) in [6.07, 6.45) is 5.02. The molecule has 0 aliphatic rings. The number of aromatic nitrogens is 3. The Morgan fingerprint density at radius 3 is 2.71 bits per heavy atom. The molecule has 0 aliphatic carbocycles. The molecule has 2 aromatic heterocycles. The molecule has 0 bridgehead atoms. The van der Waals surface area contributed by atoms with Gasteiger partial charge in [-0.2, -0.15) is 5.10 Å².